The second-order valence-electron chi connectivity index (χ2n) is 4.14. The molecule has 0 saturated carbocycles. The summed E-state index contributed by atoms with van der Waals surface area (Å²) in [6.07, 6.45) is 0.973. The fourth-order valence-corrected chi connectivity index (χ4v) is 1.94. The Morgan fingerprint density at radius 1 is 1.50 bits per heavy atom. The van der Waals surface area contributed by atoms with Gasteiger partial charge in [0.25, 0.3) is 0 Å². The Bertz CT molecular complexity index is 658. The van der Waals surface area contributed by atoms with Crippen molar-refractivity contribution in [2.75, 3.05) is 11.6 Å². The lowest BCUT2D eigenvalue weighted by molar-refractivity contribution is -0.115. The van der Waals surface area contributed by atoms with Crippen LogP contribution in [-0.4, -0.2) is 36.9 Å². The standard InChI is InChI=1S/C11H14ClN3O4S/c1-6(20(2,18)19)11(16)14-9-4-3-7(5-8(9)12)10(13)15-17/h3-6,17H,1-2H3,(H2,13,15)(H,14,16). The molecule has 9 heteroatoms. The van der Waals surface area contributed by atoms with Crippen molar-refractivity contribution in [1.82, 2.24) is 0 Å². The van der Waals surface area contributed by atoms with Crippen LogP contribution in [0.2, 0.25) is 5.02 Å². The zero-order valence-corrected chi connectivity index (χ0v) is 12.4. The summed E-state index contributed by atoms with van der Waals surface area (Å²) in [5.41, 5.74) is 6.00. The van der Waals surface area contributed by atoms with Gasteiger partial charge in [0.1, 0.15) is 5.25 Å². The number of rotatable bonds is 4. The molecule has 4 N–H and O–H groups in total. The Balaban J connectivity index is 2.98. The Morgan fingerprint density at radius 3 is 2.55 bits per heavy atom. The van der Waals surface area contributed by atoms with Crippen molar-refractivity contribution in [3.05, 3.63) is 28.8 Å². The second-order valence-corrected chi connectivity index (χ2v) is 6.91. The van der Waals surface area contributed by atoms with Gasteiger partial charge in [-0.25, -0.2) is 8.42 Å². The predicted molar refractivity (Wildman–Crippen MR) is 76.9 cm³/mol. The van der Waals surface area contributed by atoms with Gasteiger partial charge in [-0.3, -0.25) is 4.79 Å². The molecule has 1 unspecified atom stereocenters. The molecule has 1 aromatic rings. The maximum absolute atomic E-state index is 11.7. The monoisotopic (exact) mass is 319 g/mol. The molecule has 0 radical (unpaired) electrons. The Labute approximate surface area is 121 Å². The van der Waals surface area contributed by atoms with Crippen LogP contribution in [0, 0.1) is 0 Å². The number of oxime groups is 1. The molecule has 7 nitrogen and oxygen atoms in total. The third-order valence-corrected chi connectivity index (χ3v) is 4.45. The van der Waals surface area contributed by atoms with Gasteiger partial charge < -0.3 is 16.3 Å². The van der Waals surface area contributed by atoms with E-state index in [1.165, 1.54) is 25.1 Å². The van der Waals surface area contributed by atoms with Gasteiger partial charge >= 0.3 is 0 Å². The van der Waals surface area contributed by atoms with Crippen molar-refractivity contribution >= 4 is 38.9 Å². The van der Waals surface area contributed by atoms with E-state index in [1.54, 1.807) is 0 Å². The number of sulfone groups is 1. The molecule has 20 heavy (non-hydrogen) atoms. The molecule has 0 aliphatic rings. The summed E-state index contributed by atoms with van der Waals surface area (Å²) in [5, 5.41) is 12.7. The maximum Gasteiger partial charge on any atom is 0.242 e. The van der Waals surface area contributed by atoms with Crippen molar-refractivity contribution < 1.29 is 18.4 Å². The highest BCUT2D eigenvalue weighted by atomic mass is 35.5. The molecule has 1 aromatic carbocycles. The second kappa shape index (κ2) is 6.10. The van der Waals surface area contributed by atoms with Crippen LogP contribution in [0.25, 0.3) is 0 Å². The number of nitrogens with two attached hydrogens (primary N) is 1. The number of halogens is 1. The van der Waals surface area contributed by atoms with Crippen molar-refractivity contribution in [1.29, 1.82) is 0 Å². The van der Waals surface area contributed by atoms with Gasteiger partial charge in [-0.2, -0.15) is 0 Å². The first-order valence-electron chi connectivity index (χ1n) is 5.44. The molecular formula is C11H14ClN3O4S. The SMILES string of the molecule is CC(C(=O)Nc1ccc(/C(N)=N/O)cc1Cl)S(C)(=O)=O. The van der Waals surface area contributed by atoms with E-state index in [9.17, 15) is 13.2 Å². The van der Waals surface area contributed by atoms with Crippen molar-refractivity contribution in [3.63, 3.8) is 0 Å². The lowest BCUT2D eigenvalue weighted by Gasteiger charge is -2.12. The quantitative estimate of drug-likeness (QED) is 0.328. The highest BCUT2D eigenvalue weighted by Crippen LogP contribution is 2.23. The molecule has 0 aromatic heterocycles. The predicted octanol–water partition coefficient (Wildman–Crippen LogP) is 0.806. The molecular weight excluding hydrogens is 306 g/mol. The average molecular weight is 320 g/mol. The van der Waals surface area contributed by atoms with E-state index in [0.29, 0.717) is 5.56 Å². The number of hydrogen-bond donors (Lipinski definition) is 3. The van der Waals surface area contributed by atoms with E-state index < -0.39 is 21.0 Å². The first-order chi connectivity index (χ1) is 9.16. The number of amidine groups is 1. The van der Waals surface area contributed by atoms with Crippen LogP contribution < -0.4 is 11.1 Å². The molecule has 0 spiro atoms. The van der Waals surface area contributed by atoms with E-state index in [2.05, 4.69) is 10.5 Å². The third kappa shape index (κ3) is 3.84. The number of carbonyl (C=O) groups excluding carboxylic acids is 1. The number of carbonyl (C=O) groups is 1. The van der Waals surface area contributed by atoms with Gasteiger partial charge in [-0.15, -0.1) is 0 Å². The van der Waals surface area contributed by atoms with E-state index >= 15 is 0 Å². The van der Waals surface area contributed by atoms with Gasteiger partial charge in [-0.1, -0.05) is 16.8 Å². The molecule has 0 fully saturated rings. The zero-order valence-electron chi connectivity index (χ0n) is 10.8. The van der Waals surface area contributed by atoms with Crippen LogP contribution in [0.15, 0.2) is 23.4 Å². The Morgan fingerprint density at radius 2 is 2.10 bits per heavy atom. The molecule has 1 rings (SSSR count). The van der Waals surface area contributed by atoms with E-state index in [4.69, 9.17) is 22.5 Å². The van der Waals surface area contributed by atoms with E-state index in [-0.39, 0.29) is 16.5 Å². The normalized spacial score (nSPS) is 13.8. The summed E-state index contributed by atoms with van der Waals surface area (Å²) >= 11 is 5.94. The van der Waals surface area contributed by atoms with Gasteiger partial charge in [0, 0.05) is 11.8 Å². The van der Waals surface area contributed by atoms with Crippen molar-refractivity contribution in [2.24, 2.45) is 10.9 Å². The largest absolute Gasteiger partial charge is 0.409 e. The highest BCUT2D eigenvalue weighted by Gasteiger charge is 2.24. The number of nitrogens with zero attached hydrogens (tertiary/aromatic N) is 1. The van der Waals surface area contributed by atoms with Crippen LogP contribution in [0.1, 0.15) is 12.5 Å². The van der Waals surface area contributed by atoms with Crippen molar-refractivity contribution in [2.45, 2.75) is 12.2 Å². The van der Waals surface area contributed by atoms with E-state index in [1.807, 2.05) is 0 Å². The summed E-state index contributed by atoms with van der Waals surface area (Å²) < 4.78 is 22.6. The molecule has 110 valence electrons. The number of benzene rings is 1. The first-order valence-corrected chi connectivity index (χ1v) is 7.77. The first kappa shape index (κ1) is 16.3. The number of nitrogens with one attached hydrogen (secondary N) is 1. The Hall–Kier alpha value is -1.80. The fraction of sp³-hybridized carbons (Fsp3) is 0.273. The van der Waals surface area contributed by atoms with Gasteiger partial charge in [0.05, 0.1) is 10.7 Å². The molecule has 1 amide bonds. The molecule has 0 saturated heterocycles. The minimum absolute atomic E-state index is 0.130. The average Bonchev–Trinajstić information content (AvgIpc) is 2.38. The minimum Gasteiger partial charge on any atom is -0.409 e. The maximum atomic E-state index is 11.7. The van der Waals surface area contributed by atoms with Gasteiger partial charge in [-0.05, 0) is 25.1 Å². The smallest absolute Gasteiger partial charge is 0.242 e. The summed E-state index contributed by atoms with van der Waals surface area (Å²) in [6.45, 7) is 1.28. The molecule has 1 atom stereocenters. The molecule has 0 aliphatic heterocycles. The Kier molecular flexibility index (Phi) is 4.96. The van der Waals surface area contributed by atoms with Crippen LogP contribution in [0.4, 0.5) is 5.69 Å². The van der Waals surface area contributed by atoms with Gasteiger partial charge in [0.15, 0.2) is 15.7 Å². The number of amides is 1. The van der Waals surface area contributed by atoms with Gasteiger partial charge in [0.2, 0.25) is 5.91 Å². The zero-order chi connectivity index (χ0) is 15.5. The van der Waals surface area contributed by atoms with Crippen LogP contribution in [0.3, 0.4) is 0 Å². The summed E-state index contributed by atoms with van der Waals surface area (Å²) in [5.74, 6) is -0.819. The third-order valence-electron chi connectivity index (χ3n) is 2.64. The number of hydrogen-bond acceptors (Lipinski definition) is 5. The lowest BCUT2D eigenvalue weighted by atomic mass is 10.2. The topological polar surface area (TPSA) is 122 Å². The summed E-state index contributed by atoms with van der Waals surface area (Å²) in [7, 11) is -3.49. The highest BCUT2D eigenvalue weighted by molar-refractivity contribution is 7.92. The fourth-order valence-electron chi connectivity index (χ4n) is 1.26. The summed E-state index contributed by atoms with van der Waals surface area (Å²) in [4.78, 5) is 11.7. The molecule has 0 heterocycles. The van der Waals surface area contributed by atoms with Crippen LogP contribution >= 0.6 is 11.6 Å². The molecule has 0 bridgehead atoms. The van der Waals surface area contributed by atoms with Crippen LogP contribution in [0.5, 0.6) is 0 Å². The summed E-state index contributed by atoms with van der Waals surface area (Å²) in [6, 6.07) is 4.29. The lowest BCUT2D eigenvalue weighted by Crippen LogP contribution is -2.31. The van der Waals surface area contributed by atoms with Crippen LogP contribution in [-0.2, 0) is 14.6 Å². The molecule has 0 aliphatic carbocycles. The minimum atomic E-state index is -3.49. The van der Waals surface area contributed by atoms with E-state index in [0.717, 1.165) is 6.26 Å². The number of anilines is 1. The van der Waals surface area contributed by atoms with Crippen molar-refractivity contribution in [3.8, 4) is 0 Å².